The van der Waals surface area contributed by atoms with Crippen LogP contribution < -0.4 is 10.5 Å². The minimum atomic E-state index is -0.340. The first kappa shape index (κ1) is 15.5. The molecule has 0 aromatic heterocycles. The Morgan fingerprint density at radius 3 is 2.52 bits per heavy atom. The molecule has 1 atom stereocenters. The van der Waals surface area contributed by atoms with Crippen LogP contribution >= 0.6 is 0 Å². The second-order valence-electron chi connectivity index (χ2n) is 5.27. The van der Waals surface area contributed by atoms with Gasteiger partial charge in [0, 0.05) is 6.04 Å². The molecule has 21 heavy (non-hydrogen) atoms. The van der Waals surface area contributed by atoms with Gasteiger partial charge in [-0.2, -0.15) is 0 Å². The van der Waals surface area contributed by atoms with Crippen LogP contribution in [0.4, 0.5) is 4.39 Å². The molecule has 0 saturated carbocycles. The molecule has 3 heteroatoms. The molecule has 0 spiro atoms. The third-order valence-corrected chi connectivity index (χ3v) is 3.44. The van der Waals surface area contributed by atoms with Gasteiger partial charge in [-0.3, -0.25) is 0 Å². The average molecular weight is 287 g/mol. The molecule has 2 N–H and O–H groups in total. The molecule has 0 heterocycles. The zero-order valence-electron chi connectivity index (χ0n) is 12.4. The molecule has 2 rings (SSSR count). The maximum Gasteiger partial charge on any atom is 0.165 e. The first-order valence-corrected chi connectivity index (χ1v) is 7.38. The van der Waals surface area contributed by atoms with Crippen LogP contribution in [0.15, 0.2) is 48.5 Å². The Kier molecular flexibility index (Phi) is 5.76. The van der Waals surface area contributed by atoms with E-state index in [-0.39, 0.29) is 11.9 Å². The number of aryl methyl sites for hydroxylation is 1. The summed E-state index contributed by atoms with van der Waals surface area (Å²) >= 11 is 0. The number of unbranched alkanes of at least 4 members (excludes halogenated alkanes) is 1. The average Bonchev–Trinajstić information content (AvgIpc) is 2.49. The van der Waals surface area contributed by atoms with Gasteiger partial charge in [0.15, 0.2) is 11.6 Å². The van der Waals surface area contributed by atoms with Crippen molar-refractivity contribution < 1.29 is 9.13 Å². The summed E-state index contributed by atoms with van der Waals surface area (Å²) < 4.78 is 19.3. The van der Waals surface area contributed by atoms with Crippen LogP contribution in [0, 0.1) is 5.82 Å². The highest BCUT2D eigenvalue weighted by atomic mass is 19.1. The van der Waals surface area contributed by atoms with Crippen molar-refractivity contribution in [1.82, 2.24) is 0 Å². The quantitative estimate of drug-likeness (QED) is 0.773. The summed E-state index contributed by atoms with van der Waals surface area (Å²) in [5.41, 5.74) is 7.83. The Morgan fingerprint density at radius 2 is 1.86 bits per heavy atom. The Balaban J connectivity index is 1.74. The second kappa shape index (κ2) is 7.79. The molecule has 0 aliphatic heterocycles. The van der Waals surface area contributed by atoms with E-state index in [1.54, 1.807) is 6.07 Å². The monoisotopic (exact) mass is 287 g/mol. The molecule has 2 nitrogen and oxygen atoms in total. The van der Waals surface area contributed by atoms with Gasteiger partial charge in [-0.25, -0.2) is 4.39 Å². The molecule has 0 radical (unpaired) electrons. The maximum atomic E-state index is 13.8. The van der Waals surface area contributed by atoms with E-state index < -0.39 is 0 Å². The SMILES string of the molecule is C[C@@H](N)c1ccc(OCCCCc2ccccc2)c(F)c1. The van der Waals surface area contributed by atoms with Gasteiger partial charge in [-0.1, -0.05) is 36.4 Å². The predicted octanol–water partition coefficient (Wildman–Crippen LogP) is 4.25. The lowest BCUT2D eigenvalue weighted by molar-refractivity contribution is 0.292. The van der Waals surface area contributed by atoms with E-state index in [2.05, 4.69) is 12.1 Å². The van der Waals surface area contributed by atoms with Crippen molar-refractivity contribution in [3.05, 3.63) is 65.5 Å². The van der Waals surface area contributed by atoms with Crippen molar-refractivity contribution in [2.24, 2.45) is 5.73 Å². The lowest BCUT2D eigenvalue weighted by Gasteiger charge is -2.10. The van der Waals surface area contributed by atoms with E-state index in [1.165, 1.54) is 11.6 Å². The summed E-state index contributed by atoms with van der Waals surface area (Å²) in [5, 5.41) is 0. The van der Waals surface area contributed by atoms with Gasteiger partial charge >= 0.3 is 0 Å². The summed E-state index contributed by atoms with van der Waals surface area (Å²) in [6.45, 7) is 2.36. The lowest BCUT2D eigenvalue weighted by atomic mass is 10.1. The van der Waals surface area contributed by atoms with Crippen molar-refractivity contribution in [3.8, 4) is 5.75 Å². The number of nitrogens with two attached hydrogens (primary N) is 1. The molecule has 112 valence electrons. The second-order valence-corrected chi connectivity index (χ2v) is 5.27. The first-order chi connectivity index (χ1) is 10.2. The predicted molar refractivity (Wildman–Crippen MR) is 83.9 cm³/mol. The fraction of sp³-hybridized carbons (Fsp3) is 0.333. The number of hydrogen-bond donors (Lipinski definition) is 1. The van der Waals surface area contributed by atoms with E-state index in [0.29, 0.717) is 12.4 Å². The summed E-state index contributed by atoms with van der Waals surface area (Å²) in [4.78, 5) is 0. The van der Waals surface area contributed by atoms with Crippen molar-refractivity contribution in [2.75, 3.05) is 6.61 Å². The molecule has 2 aromatic rings. The third-order valence-electron chi connectivity index (χ3n) is 3.44. The first-order valence-electron chi connectivity index (χ1n) is 7.38. The van der Waals surface area contributed by atoms with E-state index in [9.17, 15) is 4.39 Å². The standard InChI is InChI=1S/C18H22FNO/c1-14(20)16-10-11-18(17(19)13-16)21-12-6-5-9-15-7-3-2-4-8-15/h2-4,7-8,10-11,13-14H,5-6,9,12,20H2,1H3/t14-/m1/s1. The minimum Gasteiger partial charge on any atom is -0.491 e. The van der Waals surface area contributed by atoms with Gasteiger partial charge in [0.1, 0.15) is 0 Å². The van der Waals surface area contributed by atoms with Gasteiger partial charge < -0.3 is 10.5 Å². The zero-order chi connectivity index (χ0) is 15.1. The fourth-order valence-electron chi connectivity index (χ4n) is 2.18. The van der Waals surface area contributed by atoms with Crippen molar-refractivity contribution in [3.63, 3.8) is 0 Å². The molecule has 0 saturated heterocycles. The molecule has 0 unspecified atom stereocenters. The highest BCUT2D eigenvalue weighted by molar-refractivity contribution is 5.30. The Morgan fingerprint density at radius 1 is 1.10 bits per heavy atom. The molecule has 2 aromatic carbocycles. The van der Waals surface area contributed by atoms with E-state index in [4.69, 9.17) is 10.5 Å². The fourth-order valence-corrected chi connectivity index (χ4v) is 2.18. The van der Waals surface area contributed by atoms with Crippen LogP contribution in [-0.4, -0.2) is 6.61 Å². The lowest BCUT2D eigenvalue weighted by Crippen LogP contribution is -2.06. The Hall–Kier alpha value is -1.87. The number of hydrogen-bond acceptors (Lipinski definition) is 2. The summed E-state index contributed by atoms with van der Waals surface area (Å²) in [5.74, 6) is -0.0352. The highest BCUT2D eigenvalue weighted by Crippen LogP contribution is 2.21. The minimum absolute atomic E-state index is 0.167. The van der Waals surface area contributed by atoms with Crippen LogP contribution in [0.1, 0.15) is 36.9 Å². The van der Waals surface area contributed by atoms with Crippen molar-refractivity contribution >= 4 is 0 Å². The highest BCUT2D eigenvalue weighted by Gasteiger charge is 2.07. The van der Waals surface area contributed by atoms with Gasteiger partial charge in [0.2, 0.25) is 0 Å². The molecule has 0 fully saturated rings. The normalized spacial score (nSPS) is 12.1. The van der Waals surface area contributed by atoms with Crippen molar-refractivity contribution in [2.45, 2.75) is 32.2 Å². The third kappa shape index (κ3) is 4.87. The number of ether oxygens (including phenoxy) is 1. The molecular formula is C18H22FNO. The van der Waals surface area contributed by atoms with E-state index >= 15 is 0 Å². The summed E-state index contributed by atoms with van der Waals surface area (Å²) in [6.07, 6.45) is 2.96. The number of halogens is 1. The van der Waals surface area contributed by atoms with Crippen LogP contribution in [-0.2, 0) is 6.42 Å². The maximum absolute atomic E-state index is 13.8. The van der Waals surface area contributed by atoms with Crippen molar-refractivity contribution in [1.29, 1.82) is 0 Å². The van der Waals surface area contributed by atoms with E-state index in [0.717, 1.165) is 24.8 Å². The van der Waals surface area contributed by atoms with E-state index in [1.807, 2.05) is 31.2 Å². The molecule has 0 aliphatic rings. The van der Waals surface area contributed by atoms with Crippen LogP contribution in [0.25, 0.3) is 0 Å². The molecule has 0 amide bonds. The topological polar surface area (TPSA) is 35.2 Å². The number of benzene rings is 2. The molecule has 0 bridgehead atoms. The molecule has 0 aliphatic carbocycles. The summed E-state index contributed by atoms with van der Waals surface area (Å²) in [7, 11) is 0. The van der Waals surface area contributed by atoms with Gasteiger partial charge in [0.25, 0.3) is 0 Å². The van der Waals surface area contributed by atoms with Crippen LogP contribution in [0.3, 0.4) is 0 Å². The van der Waals surface area contributed by atoms with Gasteiger partial charge in [-0.05, 0) is 49.4 Å². The Labute approximate surface area is 125 Å². The summed E-state index contributed by atoms with van der Waals surface area (Å²) in [6, 6.07) is 15.1. The van der Waals surface area contributed by atoms with Crippen LogP contribution in [0.5, 0.6) is 5.75 Å². The smallest absolute Gasteiger partial charge is 0.165 e. The van der Waals surface area contributed by atoms with Gasteiger partial charge in [-0.15, -0.1) is 0 Å². The van der Waals surface area contributed by atoms with Crippen LogP contribution in [0.2, 0.25) is 0 Å². The molecular weight excluding hydrogens is 265 g/mol. The zero-order valence-corrected chi connectivity index (χ0v) is 12.4. The van der Waals surface area contributed by atoms with Gasteiger partial charge in [0.05, 0.1) is 6.61 Å². The Bertz CT molecular complexity index is 554. The largest absolute Gasteiger partial charge is 0.491 e. The number of rotatable bonds is 7.